The lowest BCUT2D eigenvalue weighted by Crippen LogP contribution is -2.08. The third-order valence-electron chi connectivity index (χ3n) is 2.70. The van der Waals surface area contributed by atoms with Crippen LogP contribution in [0.4, 0.5) is 0 Å². The van der Waals surface area contributed by atoms with E-state index in [1.165, 1.54) is 4.90 Å². The molecule has 4 nitrogen and oxygen atoms in total. The highest BCUT2D eigenvalue weighted by atomic mass is 32.2. The van der Waals surface area contributed by atoms with E-state index in [2.05, 4.69) is 10.1 Å². The molecule has 0 aliphatic rings. The van der Waals surface area contributed by atoms with Gasteiger partial charge in [-0.05, 0) is 36.9 Å². The molecule has 1 heterocycles. The summed E-state index contributed by atoms with van der Waals surface area (Å²) in [5.74, 6) is 1.05. The monoisotopic (exact) mass is 264 g/mol. The minimum atomic E-state index is -0.419. The molecule has 1 N–H and O–H groups in total. The number of nitrogens with zero attached hydrogens (tertiary/aromatic N) is 2. The van der Waals surface area contributed by atoms with Gasteiger partial charge in [-0.3, -0.25) is 0 Å². The molecule has 0 radical (unpaired) electrons. The molecule has 2 aromatic rings. The zero-order chi connectivity index (χ0) is 13.0. The third kappa shape index (κ3) is 3.11. The first-order valence-electron chi connectivity index (χ1n) is 5.88. The van der Waals surface area contributed by atoms with Crippen molar-refractivity contribution in [3.8, 4) is 11.4 Å². The van der Waals surface area contributed by atoms with Crippen molar-refractivity contribution in [3.63, 3.8) is 0 Å². The second-order valence-corrected chi connectivity index (χ2v) is 4.89. The topological polar surface area (TPSA) is 59.2 Å². The Morgan fingerprint density at radius 3 is 2.67 bits per heavy atom. The van der Waals surface area contributed by atoms with Gasteiger partial charge in [-0.15, -0.1) is 11.8 Å². The van der Waals surface area contributed by atoms with Gasteiger partial charge in [0, 0.05) is 10.5 Å². The van der Waals surface area contributed by atoms with Crippen molar-refractivity contribution in [3.05, 3.63) is 30.2 Å². The predicted octanol–water partition coefficient (Wildman–Crippen LogP) is 2.77. The molecule has 0 amide bonds. The standard InChI is InChI=1S/C13H16N2O2S/c1-3-10(16)8-12-14-13(15-17-12)9-4-6-11(18-2)7-5-9/h4-7,10,16H,3,8H2,1-2H3. The zero-order valence-electron chi connectivity index (χ0n) is 10.5. The molecular weight excluding hydrogens is 248 g/mol. The molecule has 1 unspecified atom stereocenters. The Morgan fingerprint density at radius 2 is 2.06 bits per heavy atom. The summed E-state index contributed by atoms with van der Waals surface area (Å²) in [4.78, 5) is 5.48. The van der Waals surface area contributed by atoms with Gasteiger partial charge >= 0.3 is 0 Å². The Labute approximate surface area is 110 Å². The van der Waals surface area contributed by atoms with E-state index in [4.69, 9.17) is 4.52 Å². The maximum Gasteiger partial charge on any atom is 0.229 e. The van der Waals surface area contributed by atoms with Gasteiger partial charge in [-0.25, -0.2) is 0 Å². The van der Waals surface area contributed by atoms with E-state index in [9.17, 15) is 5.11 Å². The van der Waals surface area contributed by atoms with Crippen LogP contribution in [0, 0.1) is 0 Å². The Kier molecular flexibility index (Phi) is 4.38. The van der Waals surface area contributed by atoms with Crippen molar-refractivity contribution in [2.45, 2.75) is 30.8 Å². The molecule has 0 aliphatic carbocycles. The number of aliphatic hydroxyl groups is 1. The molecule has 0 saturated heterocycles. The van der Waals surface area contributed by atoms with Crippen LogP contribution in [0.2, 0.25) is 0 Å². The highest BCUT2D eigenvalue weighted by molar-refractivity contribution is 7.98. The molecule has 0 aliphatic heterocycles. The van der Waals surface area contributed by atoms with Crippen LogP contribution in [0.5, 0.6) is 0 Å². The highest BCUT2D eigenvalue weighted by Crippen LogP contribution is 2.21. The average molecular weight is 264 g/mol. The predicted molar refractivity (Wildman–Crippen MR) is 71.5 cm³/mol. The van der Waals surface area contributed by atoms with Crippen LogP contribution in [0.15, 0.2) is 33.7 Å². The summed E-state index contributed by atoms with van der Waals surface area (Å²) in [6.45, 7) is 1.92. The van der Waals surface area contributed by atoms with Crippen LogP contribution >= 0.6 is 11.8 Å². The summed E-state index contributed by atoms with van der Waals surface area (Å²) in [5, 5.41) is 13.5. The van der Waals surface area contributed by atoms with E-state index in [0.29, 0.717) is 24.6 Å². The lowest BCUT2D eigenvalue weighted by molar-refractivity contribution is 0.158. The molecule has 1 aromatic carbocycles. The van der Waals surface area contributed by atoms with Crippen LogP contribution in [0.1, 0.15) is 19.2 Å². The van der Waals surface area contributed by atoms with E-state index in [-0.39, 0.29) is 0 Å². The normalized spacial score (nSPS) is 12.6. The lowest BCUT2D eigenvalue weighted by Gasteiger charge is -2.01. The van der Waals surface area contributed by atoms with Crippen molar-refractivity contribution < 1.29 is 9.63 Å². The quantitative estimate of drug-likeness (QED) is 0.841. The SMILES string of the molecule is CCC(O)Cc1nc(-c2ccc(SC)cc2)no1. The summed E-state index contributed by atoms with van der Waals surface area (Å²) in [7, 11) is 0. The van der Waals surface area contributed by atoms with Gasteiger partial charge in [0.1, 0.15) is 0 Å². The fourth-order valence-corrected chi connectivity index (χ4v) is 1.95. The molecule has 0 bridgehead atoms. The van der Waals surface area contributed by atoms with E-state index in [0.717, 1.165) is 5.56 Å². The smallest absolute Gasteiger partial charge is 0.229 e. The van der Waals surface area contributed by atoms with Gasteiger partial charge in [0.05, 0.1) is 12.5 Å². The van der Waals surface area contributed by atoms with Crippen LogP contribution in [-0.4, -0.2) is 27.6 Å². The number of hydrogen-bond donors (Lipinski definition) is 1. The third-order valence-corrected chi connectivity index (χ3v) is 3.44. The summed E-state index contributed by atoms with van der Waals surface area (Å²) in [5.41, 5.74) is 0.925. The van der Waals surface area contributed by atoms with Crippen LogP contribution in [0.25, 0.3) is 11.4 Å². The zero-order valence-corrected chi connectivity index (χ0v) is 11.3. The van der Waals surface area contributed by atoms with Crippen molar-refractivity contribution >= 4 is 11.8 Å². The molecular formula is C13H16N2O2S. The van der Waals surface area contributed by atoms with E-state index >= 15 is 0 Å². The molecule has 0 saturated carbocycles. The Balaban J connectivity index is 2.13. The molecule has 5 heteroatoms. The number of hydrogen-bond acceptors (Lipinski definition) is 5. The molecule has 1 aromatic heterocycles. The molecule has 0 fully saturated rings. The first-order valence-corrected chi connectivity index (χ1v) is 7.10. The largest absolute Gasteiger partial charge is 0.393 e. The van der Waals surface area contributed by atoms with Crippen LogP contribution < -0.4 is 0 Å². The lowest BCUT2D eigenvalue weighted by atomic mass is 10.2. The second kappa shape index (κ2) is 6.02. The number of aromatic nitrogens is 2. The first-order chi connectivity index (χ1) is 8.72. The van der Waals surface area contributed by atoms with Gasteiger partial charge < -0.3 is 9.63 Å². The van der Waals surface area contributed by atoms with Gasteiger partial charge in [0.25, 0.3) is 0 Å². The van der Waals surface area contributed by atoms with Gasteiger partial charge in [0.15, 0.2) is 0 Å². The summed E-state index contributed by atoms with van der Waals surface area (Å²) in [6, 6.07) is 7.99. The fourth-order valence-electron chi connectivity index (χ4n) is 1.54. The van der Waals surface area contributed by atoms with Crippen molar-refractivity contribution in [2.24, 2.45) is 0 Å². The minimum absolute atomic E-state index is 0.409. The number of aliphatic hydroxyl groups excluding tert-OH is 1. The number of thioether (sulfide) groups is 1. The van der Waals surface area contributed by atoms with Crippen LogP contribution in [-0.2, 0) is 6.42 Å². The Bertz CT molecular complexity index is 496. The summed E-state index contributed by atoms with van der Waals surface area (Å²) in [6.07, 6.45) is 2.71. The summed E-state index contributed by atoms with van der Waals surface area (Å²) < 4.78 is 5.12. The minimum Gasteiger partial charge on any atom is -0.393 e. The molecule has 0 spiro atoms. The van der Waals surface area contributed by atoms with E-state index in [1.807, 2.05) is 37.4 Å². The van der Waals surface area contributed by atoms with E-state index in [1.54, 1.807) is 11.8 Å². The number of rotatable bonds is 5. The first kappa shape index (κ1) is 13.1. The van der Waals surface area contributed by atoms with Crippen molar-refractivity contribution in [1.29, 1.82) is 0 Å². The fraction of sp³-hybridized carbons (Fsp3) is 0.385. The number of benzene rings is 1. The molecule has 1 atom stereocenters. The van der Waals surface area contributed by atoms with Gasteiger partial charge in [0.2, 0.25) is 11.7 Å². The van der Waals surface area contributed by atoms with Crippen molar-refractivity contribution in [2.75, 3.05) is 6.26 Å². The maximum atomic E-state index is 9.53. The van der Waals surface area contributed by atoms with Gasteiger partial charge in [-0.1, -0.05) is 12.1 Å². The maximum absolute atomic E-state index is 9.53. The van der Waals surface area contributed by atoms with E-state index < -0.39 is 6.10 Å². The van der Waals surface area contributed by atoms with Gasteiger partial charge in [-0.2, -0.15) is 4.98 Å². The molecule has 96 valence electrons. The Hall–Kier alpha value is -1.33. The second-order valence-electron chi connectivity index (χ2n) is 4.01. The molecule has 18 heavy (non-hydrogen) atoms. The average Bonchev–Trinajstić information content (AvgIpc) is 2.87. The Morgan fingerprint density at radius 1 is 1.33 bits per heavy atom. The summed E-state index contributed by atoms with van der Waals surface area (Å²) >= 11 is 1.69. The van der Waals surface area contributed by atoms with Crippen molar-refractivity contribution in [1.82, 2.24) is 10.1 Å². The highest BCUT2D eigenvalue weighted by Gasteiger charge is 2.11. The molecule has 2 rings (SSSR count). The van der Waals surface area contributed by atoms with Crippen LogP contribution in [0.3, 0.4) is 0 Å².